The molecule has 0 bridgehead atoms. The van der Waals surface area contributed by atoms with Gasteiger partial charge in [-0.05, 0) is 94.0 Å². The zero-order valence-electron chi connectivity index (χ0n) is 35.9. The van der Waals surface area contributed by atoms with E-state index in [2.05, 4.69) is 28.1 Å². The Morgan fingerprint density at radius 2 is 1.39 bits per heavy atom. The Hall–Kier alpha value is -4.91. The molecule has 0 unspecified atom stereocenters. The van der Waals surface area contributed by atoms with Gasteiger partial charge in [-0.2, -0.15) is 0 Å². The van der Waals surface area contributed by atoms with Gasteiger partial charge in [0.25, 0.3) is 5.91 Å². The highest BCUT2D eigenvalue weighted by atomic mass is 16.2. The Labute approximate surface area is 361 Å². The lowest BCUT2D eigenvalue weighted by Crippen LogP contribution is -2.62. The molecule has 61 heavy (non-hydrogen) atoms. The number of hydrogen-bond acceptors (Lipinski definition) is 8. The summed E-state index contributed by atoms with van der Waals surface area (Å²) < 4.78 is 0. The van der Waals surface area contributed by atoms with Crippen molar-refractivity contribution >= 4 is 29.5 Å². The molecule has 0 aromatic heterocycles. The first-order valence-electron chi connectivity index (χ1n) is 22.7. The van der Waals surface area contributed by atoms with E-state index in [-0.39, 0.29) is 30.2 Å². The maximum absolute atomic E-state index is 15.3. The average molecular weight is 834 g/mol. The van der Waals surface area contributed by atoms with Crippen LogP contribution in [0.1, 0.15) is 100 Å². The molecule has 0 radical (unpaired) electrons. The number of amides is 5. The minimum absolute atomic E-state index is 0.0872. The predicted molar refractivity (Wildman–Crippen MR) is 238 cm³/mol. The number of nitrogens with zero attached hydrogens (tertiary/aromatic N) is 2. The number of unbranched alkanes of at least 4 members (excludes halogenated alkanes) is 1. The quantitative estimate of drug-likeness (QED) is 0.0972. The first kappa shape index (κ1) is 45.6. The van der Waals surface area contributed by atoms with Crippen molar-refractivity contribution in [3.63, 3.8) is 0 Å². The summed E-state index contributed by atoms with van der Waals surface area (Å²) in [6.45, 7) is 1.06. The van der Waals surface area contributed by atoms with E-state index in [0.717, 1.165) is 66.5 Å². The molecular formula is C49H67N7O5. The molecule has 12 nitrogen and oxygen atoms in total. The molecule has 7 N–H and O–H groups in total. The molecule has 5 atom stereocenters. The van der Waals surface area contributed by atoms with Gasteiger partial charge in [0, 0.05) is 24.9 Å². The predicted octanol–water partition coefficient (Wildman–Crippen LogP) is 4.53. The number of nitrogens with one attached hydrogen (secondary N) is 3. The van der Waals surface area contributed by atoms with Gasteiger partial charge < -0.3 is 32.3 Å². The van der Waals surface area contributed by atoms with E-state index >= 15 is 4.79 Å². The summed E-state index contributed by atoms with van der Waals surface area (Å²) in [5.41, 5.74) is 15.3. The number of likely N-dealkylation sites (tertiary alicyclic amines) is 1. The lowest BCUT2D eigenvalue weighted by Gasteiger charge is -2.37. The SMILES string of the molecule is CN[C@@H](Cc1ccccc1)C(=O)N[C@@H](CCCCN)C(=O)N1CCC[C@H]1C(=O)N(C(=O)[C@H](N)CC1CCCCC1)[C@@H](Cc1ccccc1)C(=O)NCC1(c2ccccc2)CC1. The van der Waals surface area contributed by atoms with E-state index < -0.39 is 53.8 Å². The summed E-state index contributed by atoms with van der Waals surface area (Å²) in [7, 11) is 1.71. The molecule has 3 aromatic carbocycles. The highest BCUT2D eigenvalue weighted by Gasteiger charge is 2.48. The molecular weight excluding hydrogens is 767 g/mol. The van der Waals surface area contributed by atoms with Gasteiger partial charge in [0.1, 0.15) is 18.1 Å². The zero-order valence-corrected chi connectivity index (χ0v) is 35.9. The summed E-state index contributed by atoms with van der Waals surface area (Å²) in [5, 5.41) is 9.28. The Bertz CT molecular complexity index is 1890. The minimum atomic E-state index is -1.21. The highest BCUT2D eigenvalue weighted by molar-refractivity contribution is 6.05. The Morgan fingerprint density at radius 3 is 2.00 bits per heavy atom. The first-order valence-corrected chi connectivity index (χ1v) is 22.7. The van der Waals surface area contributed by atoms with Crippen LogP contribution in [-0.2, 0) is 42.2 Å². The molecule has 12 heteroatoms. The van der Waals surface area contributed by atoms with Gasteiger partial charge in [-0.15, -0.1) is 0 Å². The van der Waals surface area contributed by atoms with Crippen LogP contribution < -0.4 is 27.4 Å². The topological polar surface area (TPSA) is 180 Å². The van der Waals surface area contributed by atoms with Gasteiger partial charge in [-0.1, -0.05) is 123 Å². The van der Waals surface area contributed by atoms with Gasteiger partial charge in [-0.3, -0.25) is 28.9 Å². The van der Waals surface area contributed by atoms with E-state index in [9.17, 15) is 19.2 Å². The fourth-order valence-electron chi connectivity index (χ4n) is 9.35. The average Bonchev–Trinajstić information content (AvgIpc) is 3.93. The van der Waals surface area contributed by atoms with Crippen molar-refractivity contribution in [2.75, 3.05) is 26.7 Å². The third-order valence-corrected chi connectivity index (χ3v) is 13.2. The largest absolute Gasteiger partial charge is 0.353 e. The van der Waals surface area contributed by atoms with Crippen molar-refractivity contribution in [3.05, 3.63) is 108 Å². The van der Waals surface area contributed by atoms with Gasteiger partial charge in [-0.25, -0.2) is 0 Å². The van der Waals surface area contributed by atoms with Crippen LogP contribution in [-0.4, -0.2) is 96.2 Å². The Kier molecular flexibility index (Phi) is 16.6. The van der Waals surface area contributed by atoms with Gasteiger partial charge in [0.05, 0.1) is 12.1 Å². The Balaban J connectivity index is 1.29. The van der Waals surface area contributed by atoms with Crippen LogP contribution in [0, 0.1) is 5.92 Å². The van der Waals surface area contributed by atoms with Crippen molar-refractivity contribution in [2.24, 2.45) is 17.4 Å². The number of carbonyl (C=O) groups excluding carboxylic acids is 5. The molecule has 1 aliphatic heterocycles. The number of nitrogens with two attached hydrogens (primary N) is 2. The van der Waals surface area contributed by atoms with Crippen LogP contribution in [0.5, 0.6) is 0 Å². The van der Waals surface area contributed by atoms with Crippen molar-refractivity contribution in [2.45, 2.75) is 132 Å². The van der Waals surface area contributed by atoms with Crippen LogP contribution in [0.4, 0.5) is 0 Å². The maximum Gasteiger partial charge on any atom is 0.252 e. The molecule has 6 rings (SSSR count). The van der Waals surface area contributed by atoms with E-state index in [1.807, 2.05) is 78.9 Å². The number of benzene rings is 3. The second-order valence-electron chi connectivity index (χ2n) is 17.5. The summed E-state index contributed by atoms with van der Waals surface area (Å²) >= 11 is 0. The maximum atomic E-state index is 15.3. The second-order valence-corrected chi connectivity index (χ2v) is 17.5. The monoisotopic (exact) mass is 834 g/mol. The van der Waals surface area contributed by atoms with Crippen LogP contribution in [0.25, 0.3) is 0 Å². The van der Waals surface area contributed by atoms with Crippen LogP contribution in [0.15, 0.2) is 91.0 Å². The number of carbonyl (C=O) groups is 5. The summed E-state index contributed by atoms with van der Waals surface area (Å²) in [6, 6.07) is 24.4. The molecule has 1 heterocycles. The summed E-state index contributed by atoms with van der Waals surface area (Å²) in [4.78, 5) is 76.0. The third kappa shape index (κ3) is 12.1. The number of hydrogen-bond donors (Lipinski definition) is 5. The standard InChI is InChI=1S/C49H67N7O5/c1-52-41(32-36-19-8-3-9-20-36)44(57)54-40(25-14-15-29-50)47(60)55-30-16-26-42(55)48(61)56(46(59)39(51)31-35-17-6-2-7-18-35)43(33-37-21-10-4-11-22-37)45(58)53-34-49(27-28-49)38-23-12-5-13-24-38/h3-5,8-13,19-24,35,39-43,52H,2,6-7,14-18,25-34,50-51H2,1H3,(H,53,58)(H,54,57)/t39-,40+,41+,42+,43+/m1/s1. The van der Waals surface area contributed by atoms with Crippen molar-refractivity contribution in [3.8, 4) is 0 Å². The van der Waals surface area contributed by atoms with Crippen LogP contribution in [0.2, 0.25) is 0 Å². The normalized spacial score (nSPS) is 19.3. The highest BCUT2D eigenvalue weighted by Crippen LogP contribution is 2.47. The summed E-state index contributed by atoms with van der Waals surface area (Å²) in [5.74, 6) is -2.11. The lowest BCUT2D eigenvalue weighted by molar-refractivity contribution is -0.158. The summed E-state index contributed by atoms with van der Waals surface area (Å²) in [6.07, 6.45) is 10.4. The van der Waals surface area contributed by atoms with Crippen molar-refractivity contribution < 1.29 is 24.0 Å². The number of likely N-dealkylation sites (N-methyl/N-ethyl adjacent to an activating group) is 1. The fraction of sp³-hybridized carbons (Fsp3) is 0.531. The first-order chi connectivity index (χ1) is 29.6. The number of imide groups is 1. The van der Waals surface area contributed by atoms with Crippen LogP contribution >= 0.6 is 0 Å². The molecule has 3 aliphatic rings. The molecule has 2 aliphatic carbocycles. The molecule has 328 valence electrons. The van der Waals surface area contributed by atoms with E-state index in [4.69, 9.17) is 11.5 Å². The third-order valence-electron chi connectivity index (χ3n) is 13.2. The smallest absolute Gasteiger partial charge is 0.252 e. The lowest BCUT2D eigenvalue weighted by atomic mass is 9.84. The second kappa shape index (κ2) is 22.3. The fourth-order valence-corrected chi connectivity index (χ4v) is 9.35. The molecule has 0 spiro atoms. The molecule has 1 saturated heterocycles. The van der Waals surface area contributed by atoms with Gasteiger partial charge in [0.15, 0.2) is 0 Å². The number of rotatable bonds is 21. The van der Waals surface area contributed by atoms with E-state index in [1.54, 1.807) is 7.05 Å². The van der Waals surface area contributed by atoms with E-state index in [1.165, 1.54) is 4.90 Å². The molecule has 3 fully saturated rings. The van der Waals surface area contributed by atoms with Crippen molar-refractivity contribution in [1.82, 2.24) is 25.8 Å². The van der Waals surface area contributed by atoms with Gasteiger partial charge in [0.2, 0.25) is 23.6 Å². The van der Waals surface area contributed by atoms with Gasteiger partial charge >= 0.3 is 0 Å². The zero-order chi connectivity index (χ0) is 43.2. The Morgan fingerprint density at radius 1 is 0.770 bits per heavy atom. The molecule has 3 aromatic rings. The molecule has 2 saturated carbocycles. The van der Waals surface area contributed by atoms with Crippen LogP contribution in [0.3, 0.4) is 0 Å². The minimum Gasteiger partial charge on any atom is -0.353 e. The van der Waals surface area contributed by atoms with E-state index in [0.29, 0.717) is 58.0 Å². The van der Waals surface area contributed by atoms with Crippen molar-refractivity contribution in [1.29, 1.82) is 0 Å². The molecule has 5 amide bonds.